The van der Waals surface area contributed by atoms with Gasteiger partial charge in [0.2, 0.25) is 0 Å². The van der Waals surface area contributed by atoms with Gasteiger partial charge in [-0.05, 0) is 0 Å². The molecule has 4 nitrogen and oxygen atoms in total. The molecule has 1 aliphatic heterocycles. The molecule has 1 rings (SSSR count). The van der Waals surface area contributed by atoms with Crippen LogP contribution in [0.5, 0.6) is 0 Å². The van der Waals surface area contributed by atoms with E-state index in [1.807, 2.05) is 21.1 Å². The summed E-state index contributed by atoms with van der Waals surface area (Å²) in [6.07, 6.45) is 1.59. The highest BCUT2D eigenvalue weighted by Gasteiger charge is 2.58. The second-order valence-electron chi connectivity index (χ2n) is 4.52. The molecule has 0 aromatic rings. The Bertz CT molecular complexity index is 221. The van der Waals surface area contributed by atoms with E-state index in [0.29, 0.717) is 0 Å². The number of rotatable bonds is 5. The summed E-state index contributed by atoms with van der Waals surface area (Å²) in [5.74, 6) is 0. The number of hydrogen-bond donors (Lipinski definition) is 0. The fourth-order valence-corrected chi connectivity index (χ4v) is 1.38. The van der Waals surface area contributed by atoms with Crippen molar-refractivity contribution >= 4 is 12.6 Å². The third-order valence-electron chi connectivity index (χ3n) is 2.16. The Morgan fingerprint density at radius 2 is 2.00 bits per heavy atom. The van der Waals surface area contributed by atoms with Crippen LogP contribution in [0.15, 0.2) is 0 Å². The molecule has 13 heavy (non-hydrogen) atoms. The van der Waals surface area contributed by atoms with Gasteiger partial charge < -0.3 is 18.8 Å². The predicted octanol–water partition coefficient (Wildman–Crippen LogP) is -0.382. The Hall–Kier alpha value is -0.740. The summed E-state index contributed by atoms with van der Waals surface area (Å²) in [5.41, 5.74) is -0.798. The first-order valence-electron chi connectivity index (χ1n) is 4.32. The van der Waals surface area contributed by atoms with Gasteiger partial charge in [0.1, 0.15) is 18.9 Å². The van der Waals surface area contributed by atoms with E-state index in [1.54, 1.807) is 0 Å². The Morgan fingerprint density at radius 1 is 1.38 bits per heavy atom. The monoisotopic (exact) mass is 186 g/mol. The van der Waals surface area contributed by atoms with Crippen molar-refractivity contribution in [2.24, 2.45) is 0 Å². The second kappa shape index (κ2) is 3.20. The molecular formula is C9H16NO3+. The number of epoxide rings is 1. The van der Waals surface area contributed by atoms with Crippen molar-refractivity contribution in [1.29, 1.82) is 0 Å². The maximum Gasteiger partial charge on any atom is 0.162 e. The van der Waals surface area contributed by atoms with Crippen molar-refractivity contribution < 1.29 is 18.8 Å². The maximum absolute atomic E-state index is 10.7. The van der Waals surface area contributed by atoms with E-state index < -0.39 is 5.60 Å². The van der Waals surface area contributed by atoms with E-state index in [-0.39, 0.29) is 12.5 Å². The summed E-state index contributed by atoms with van der Waals surface area (Å²) in [4.78, 5) is 21.0. The van der Waals surface area contributed by atoms with E-state index in [4.69, 9.17) is 4.74 Å². The fourth-order valence-electron chi connectivity index (χ4n) is 1.38. The van der Waals surface area contributed by atoms with Crippen molar-refractivity contribution in [3.8, 4) is 0 Å². The molecule has 74 valence electrons. The van der Waals surface area contributed by atoms with E-state index in [2.05, 4.69) is 0 Å². The zero-order chi connectivity index (χ0) is 10.1. The summed E-state index contributed by atoms with van der Waals surface area (Å²) in [5, 5.41) is 0. The predicted molar refractivity (Wildman–Crippen MR) is 47.2 cm³/mol. The lowest BCUT2D eigenvalue weighted by atomic mass is 10.0. The van der Waals surface area contributed by atoms with E-state index in [1.165, 1.54) is 0 Å². The zero-order valence-electron chi connectivity index (χ0n) is 8.32. The van der Waals surface area contributed by atoms with Gasteiger partial charge in [0.15, 0.2) is 11.9 Å². The molecule has 2 unspecified atom stereocenters. The van der Waals surface area contributed by atoms with Gasteiger partial charge in [-0.2, -0.15) is 0 Å². The van der Waals surface area contributed by atoms with E-state index >= 15 is 0 Å². The topological polar surface area (TPSA) is 46.7 Å². The summed E-state index contributed by atoms with van der Waals surface area (Å²) >= 11 is 0. The molecule has 0 saturated carbocycles. The van der Waals surface area contributed by atoms with Gasteiger partial charge in [0.25, 0.3) is 0 Å². The number of carbonyl (C=O) groups excluding carboxylic acids is 2. The molecule has 0 radical (unpaired) electrons. The molecule has 0 aromatic heterocycles. The fraction of sp³-hybridized carbons (Fsp3) is 0.778. The minimum absolute atomic E-state index is 0.0878. The van der Waals surface area contributed by atoms with E-state index in [0.717, 1.165) is 23.6 Å². The molecule has 4 heteroatoms. The number of quaternary nitrogens is 1. The molecule has 0 aliphatic carbocycles. The number of carbonyl (C=O) groups is 2. The largest absolute Gasteiger partial charge is 0.351 e. The van der Waals surface area contributed by atoms with Gasteiger partial charge in [-0.25, -0.2) is 0 Å². The first-order valence-corrected chi connectivity index (χ1v) is 4.32. The zero-order valence-corrected chi connectivity index (χ0v) is 8.32. The van der Waals surface area contributed by atoms with Gasteiger partial charge in [0, 0.05) is 6.42 Å². The summed E-state index contributed by atoms with van der Waals surface area (Å²) in [6, 6.07) is 0. The lowest BCUT2D eigenvalue weighted by Gasteiger charge is -2.22. The van der Waals surface area contributed by atoms with E-state index in [9.17, 15) is 9.59 Å². The normalized spacial score (nSPS) is 32.7. The molecule has 1 heterocycles. The van der Waals surface area contributed by atoms with Crippen LogP contribution in [0.1, 0.15) is 6.42 Å². The smallest absolute Gasteiger partial charge is 0.162 e. The lowest BCUT2D eigenvalue weighted by molar-refractivity contribution is -0.870. The van der Waals surface area contributed by atoms with Crippen molar-refractivity contribution in [2.75, 3.05) is 27.7 Å². The molecule has 1 fully saturated rings. The first-order chi connectivity index (χ1) is 5.93. The third kappa shape index (κ3) is 2.35. The highest BCUT2D eigenvalue weighted by molar-refractivity contribution is 5.73. The van der Waals surface area contributed by atoms with Gasteiger partial charge >= 0.3 is 0 Å². The Morgan fingerprint density at radius 3 is 2.38 bits per heavy atom. The molecule has 0 aromatic carbocycles. The average Bonchev–Trinajstić information content (AvgIpc) is 2.61. The number of ether oxygens (including phenoxy) is 1. The van der Waals surface area contributed by atoms with Crippen LogP contribution >= 0.6 is 0 Å². The third-order valence-corrected chi connectivity index (χ3v) is 2.16. The summed E-state index contributed by atoms with van der Waals surface area (Å²) in [7, 11) is 6.08. The summed E-state index contributed by atoms with van der Waals surface area (Å²) in [6.45, 7) is 0.757. The minimum atomic E-state index is -0.798. The van der Waals surface area contributed by atoms with Crippen LogP contribution in [-0.2, 0) is 14.3 Å². The van der Waals surface area contributed by atoms with Crippen LogP contribution in [0.4, 0.5) is 0 Å². The van der Waals surface area contributed by atoms with Crippen LogP contribution in [0.25, 0.3) is 0 Å². The molecule has 1 saturated heterocycles. The highest BCUT2D eigenvalue weighted by Crippen LogP contribution is 2.38. The van der Waals surface area contributed by atoms with Crippen LogP contribution in [-0.4, -0.2) is 56.4 Å². The molecule has 2 atom stereocenters. The molecular weight excluding hydrogens is 170 g/mol. The number of aldehydes is 2. The maximum atomic E-state index is 10.7. The van der Waals surface area contributed by atoms with Crippen LogP contribution in [0.3, 0.4) is 0 Å². The standard InChI is InChI=1S/C9H16NO3/c1-10(2,3)6-8-9(7-12,13-8)4-5-11/h5,7-8H,4,6H2,1-3H3/q+1. The Labute approximate surface area is 78.1 Å². The van der Waals surface area contributed by atoms with Gasteiger partial charge in [0.05, 0.1) is 21.1 Å². The van der Waals surface area contributed by atoms with Crippen molar-refractivity contribution in [1.82, 2.24) is 0 Å². The van der Waals surface area contributed by atoms with Crippen LogP contribution < -0.4 is 0 Å². The van der Waals surface area contributed by atoms with Crippen LogP contribution in [0, 0.1) is 0 Å². The van der Waals surface area contributed by atoms with Crippen molar-refractivity contribution in [2.45, 2.75) is 18.1 Å². The lowest BCUT2D eigenvalue weighted by Crippen LogP contribution is -2.40. The molecule has 0 N–H and O–H groups in total. The highest BCUT2D eigenvalue weighted by atomic mass is 16.6. The SMILES string of the molecule is C[N+](C)(C)CC1OC1(C=O)CC=O. The number of hydrogen-bond acceptors (Lipinski definition) is 3. The summed E-state index contributed by atoms with van der Waals surface area (Å²) < 4.78 is 5.99. The molecule has 0 amide bonds. The van der Waals surface area contributed by atoms with Crippen LogP contribution in [0.2, 0.25) is 0 Å². The molecule has 0 bridgehead atoms. The Balaban J connectivity index is 2.50. The number of likely N-dealkylation sites (N-methyl/N-ethyl adjacent to an activating group) is 1. The second-order valence-corrected chi connectivity index (χ2v) is 4.52. The first kappa shape index (κ1) is 10.3. The van der Waals surface area contributed by atoms with Gasteiger partial charge in [-0.3, -0.25) is 0 Å². The van der Waals surface area contributed by atoms with Gasteiger partial charge in [-0.1, -0.05) is 0 Å². The molecule has 1 aliphatic rings. The van der Waals surface area contributed by atoms with Crippen molar-refractivity contribution in [3.63, 3.8) is 0 Å². The molecule has 0 spiro atoms. The minimum Gasteiger partial charge on any atom is -0.351 e. The van der Waals surface area contributed by atoms with Crippen molar-refractivity contribution in [3.05, 3.63) is 0 Å². The number of nitrogens with zero attached hydrogens (tertiary/aromatic N) is 1. The van der Waals surface area contributed by atoms with Gasteiger partial charge in [-0.15, -0.1) is 0 Å². The average molecular weight is 186 g/mol. The Kier molecular flexibility index (Phi) is 2.54. The quantitative estimate of drug-likeness (QED) is 0.334.